The molecule has 0 aromatic carbocycles. The predicted octanol–water partition coefficient (Wildman–Crippen LogP) is 0.558. The predicted molar refractivity (Wildman–Crippen MR) is 34.9 cm³/mol. The van der Waals surface area contributed by atoms with Crippen LogP contribution in [0.5, 0.6) is 0 Å². The van der Waals surface area contributed by atoms with Gasteiger partial charge < -0.3 is 0 Å². The van der Waals surface area contributed by atoms with Crippen LogP contribution >= 0.6 is 0 Å². The summed E-state index contributed by atoms with van der Waals surface area (Å²) in [6.45, 7) is 0.00439. The highest BCUT2D eigenvalue weighted by molar-refractivity contribution is 4.78. The van der Waals surface area contributed by atoms with E-state index in [1.807, 2.05) is 0 Å². The molecule has 0 saturated carbocycles. The fourth-order valence-electron chi connectivity index (χ4n) is 0.741. The van der Waals surface area contributed by atoms with Gasteiger partial charge in [0.05, 0.1) is 6.61 Å². The lowest BCUT2D eigenvalue weighted by atomic mass is 10.2. The maximum Gasteiger partial charge on any atom is 0.150 e. The first-order valence-electron chi connectivity index (χ1n) is 3.36. The van der Waals surface area contributed by atoms with Crippen LogP contribution in [0.2, 0.25) is 0 Å². The summed E-state index contributed by atoms with van der Waals surface area (Å²) >= 11 is 0. The average Bonchev–Trinajstić information content (AvgIpc) is 2.41. The fourth-order valence-corrected chi connectivity index (χ4v) is 0.741. The Morgan fingerprint density at radius 3 is 3.00 bits per heavy atom. The second-order valence-corrected chi connectivity index (χ2v) is 2.08. The van der Waals surface area contributed by atoms with Gasteiger partial charge in [0.1, 0.15) is 12.2 Å². The van der Waals surface area contributed by atoms with Gasteiger partial charge in [-0.3, -0.25) is 5.10 Å². The Morgan fingerprint density at radius 1 is 1.50 bits per heavy atom. The van der Waals surface area contributed by atoms with Crippen molar-refractivity contribution in [3.63, 3.8) is 0 Å². The normalized spacial score (nSPS) is 10.1. The van der Waals surface area contributed by atoms with Crippen molar-refractivity contribution in [3.8, 4) is 0 Å². The van der Waals surface area contributed by atoms with Gasteiger partial charge in [-0.1, -0.05) is 0 Å². The van der Waals surface area contributed by atoms with Crippen molar-refractivity contribution >= 4 is 0 Å². The zero-order chi connectivity index (χ0) is 7.23. The SMILES string of the molecule is [O]CCCCc1nc[nH]n1. The number of nitrogens with one attached hydrogen (secondary N) is 1. The van der Waals surface area contributed by atoms with Crippen molar-refractivity contribution < 1.29 is 5.11 Å². The van der Waals surface area contributed by atoms with E-state index >= 15 is 0 Å². The molecule has 0 bridgehead atoms. The highest BCUT2D eigenvalue weighted by Crippen LogP contribution is 1.95. The van der Waals surface area contributed by atoms with Crippen molar-refractivity contribution in [2.75, 3.05) is 6.61 Å². The Kier molecular flexibility index (Phi) is 2.89. The molecule has 1 aromatic rings. The molecule has 4 nitrogen and oxygen atoms in total. The molecule has 1 rings (SSSR count). The molecular weight excluding hydrogens is 130 g/mol. The molecule has 0 saturated heterocycles. The molecule has 0 unspecified atom stereocenters. The van der Waals surface area contributed by atoms with Gasteiger partial charge in [0, 0.05) is 6.42 Å². The third-order valence-electron chi connectivity index (χ3n) is 1.26. The van der Waals surface area contributed by atoms with Crippen LogP contribution in [0.15, 0.2) is 6.33 Å². The minimum atomic E-state index is 0.00439. The number of nitrogens with zero attached hydrogens (tertiary/aromatic N) is 2. The van der Waals surface area contributed by atoms with Crippen LogP contribution < -0.4 is 0 Å². The molecule has 1 N–H and O–H groups in total. The molecule has 0 aliphatic heterocycles. The minimum absolute atomic E-state index is 0.00439. The first-order valence-corrected chi connectivity index (χ1v) is 3.36. The van der Waals surface area contributed by atoms with Gasteiger partial charge in [-0.15, -0.1) is 0 Å². The van der Waals surface area contributed by atoms with Crippen molar-refractivity contribution in [1.29, 1.82) is 0 Å². The van der Waals surface area contributed by atoms with Crippen LogP contribution in [0, 0.1) is 0 Å². The number of aromatic amines is 1. The molecule has 0 spiro atoms. The Labute approximate surface area is 59.3 Å². The number of H-pyrrole nitrogens is 1. The van der Waals surface area contributed by atoms with Crippen molar-refractivity contribution in [3.05, 3.63) is 12.2 Å². The van der Waals surface area contributed by atoms with Gasteiger partial charge in [0.2, 0.25) is 0 Å². The van der Waals surface area contributed by atoms with E-state index < -0.39 is 0 Å². The van der Waals surface area contributed by atoms with Crippen LogP contribution in [0.4, 0.5) is 0 Å². The third-order valence-corrected chi connectivity index (χ3v) is 1.26. The average molecular weight is 140 g/mol. The minimum Gasteiger partial charge on any atom is -0.266 e. The highest BCUT2D eigenvalue weighted by Gasteiger charge is 1.94. The van der Waals surface area contributed by atoms with Crippen LogP contribution in [0.25, 0.3) is 0 Å². The number of hydrogen-bond donors (Lipinski definition) is 1. The van der Waals surface area contributed by atoms with E-state index in [0.717, 1.165) is 18.7 Å². The summed E-state index contributed by atoms with van der Waals surface area (Å²) in [5, 5.41) is 16.5. The lowest BCUT2D eigenvalue weighted by molar-refractivity contribution is 0.187. The van der Waals surface area contributed by atoms with Crippen molar-refractivity contribution in [1.82, 2.24) is 15.2 Å². The zero-order valence-corrected chi connectivity index (χ0v) is 5.71. The summed E-state index contributed by atoms with van der Waals surface area (Å²) in [6.07, 6.45) is 3.97. The molecule has 1 radical (unpaired) electrons. The summed E-state index contributed by atoms with van der Waals surface area (Å²) in [4.78, 5) is 3.92. The summed E-state index contributed by atoms with van der Waals surface area (Å²) < 4.78 is 0. The second-order valence-electron chi connectivity index (χ2n) is 2.08. The zero-order valence-electron chi connectivity index (χ0n) is 5.71. The largest absolute Gasteiger partial charge is 0.266 e. The molecule has 55 valence electrons. The van der Waals surface area contributed by atoms with Crippen LogP contribution in [0.3, 0.4) is 0 Å². The van der Waals surface area contributed by atoms with E-state index in [0.29, 0.717) is 6.42 Å². The first kappa shape index (κ1) is 7.21. The van der Waals surface area contributed by atoms with Gasteiger partial charge in [0.15, 0.2) is 0 Å². The van der Waals surface area contributed by atoms with Crippen molar-refractivity contribution in [2.24, 2.45) is 0 Å². The van der Waals surface area contributed by atoms with E-state index in [1.54, 1.807) is 6.33 Å². The lowest BCUT2D eigenvalue weighted by Gasteiger charge is -1.90. The van der Waals surface area contributed by atoms with E-state index in [2.05, 4.69) is 15.2 Å². The molecular formula is C6H10N3O. The highest BCUT2D eigenvalue weighted by atomic mass is 16.2. The Bertz CT molecular complexity index is 162. The van der Waals surface area contributed by atoms with Crippen LogP contribution in [-0.4, -0.2) is 21.8 Å². The van der Waals surface area contributed by atoms with E-state index in [-0.39, 0.29) is 6.61 Å². The monoisotopic (exact) mass is 140 g/mol. The van der Waals surface area contributed by atoms with Crippen LogP contribution in [0.1, 0.15) is 18.7 Å². The molecule has 0 amide bonds. The quantitative estimate of drug-likeness (QED) is 0.621. The fraction of sp³-hybridized carbons (Fsp3) is 0.667. The molecule has 10 heavy (non-hydrogen) atoms. The molecule has 4 heteroatoms. The summed E-state index contributed by atoms with van der Waals surface area (Å²) in [5.74, 6) is 0.799. The standard InChI is InChI=1S/C6H10N3O/c10-4-2-1-3-6-7-5-8-9-6/h5H,1-4H2,(H,7,8,9). The number of unbranched alkanes of at least 4 members (excludes halogenated alkanes) is 1. The number of aromatic nitrogens is 3. The topological polar surface area (TPSA) is 61.5 Å². The molecule has 0 aliphatic rings. The Hall–Kier alpha value is -0.900. The maximum atomic E-state index is 10.0. The summed E-state index contributed by atoms with van der Waals surface area (Å²) in [5.41, 5.74) is 0. The van der Waals surface area contributed by atoms with E-state index in [4.69, 9.17) is 0 Å². The lowest BCUT2D eigenvalue weighted by Crippen LogP contribution is -1.89. The smallest absolute Gasteiger partial charge is 0.150 e. The summed E-state index contributed by atoms with van der Waals surface area (Å²) in [7, 11) is 0. The van der Waals surface area contributed by atoms with Crippen molar-refractivity contribution in [2.45, 2.75) is 19.3 Å². The van der Waals surface area contributed by atoms with Gasteiger partial charge in [0.25, 0.3) is 0 Å². The maximum absolute atomic E-state index is 10.0. The van der Waals surface area contributed by atoms with Gasteiger partial charge in [-0.05, 0) is 12.8 Å². The molecule has 0 fully saturated rings. The Balaban J connectivity index is 2.15. The van der Waals surface area contributed by atoms with E-state index in [9.17, 15) is 5.11 Å². The molecule has 0 aliphatic carbocycles. The van der Waals surface area contributed by atoms with Gasteiger partial charge in [-0.2, -0.15) is 5.10 Å². The first-order chi connectivity index (χ1) is 4.93. The van der Waals surface area contributed by atoms with Gasteiger partial charge in [-0.25, -0.2) is 10.1 Å². The molecule has 0 atom stereocenters. The number of rotatable bonds is 4. The van der Waals surface area contributed by atoms with Crippen LogP contribution in [-0.2, 0) is 11.5 Å². The van der Waals surface area contributed by atoms with E-state index in [1.165, 1.54) is 0 Å². The Morgan fingerprint density at radius 2 is 2.40 bits per heavy atom. The second kappa shape index (κ2) is 4.00. The van der Waals surface area contributed by atoms with Gasteiger partial charge >= 0.3 is 0 Å². The number of aryl methyl sites for hydroxylation is 1. The molecule has 1 aromatic heterocycles. The molecule has 1 heterocycles. The third kappa shape index (κ3) is 2.14. The summed E-state index contributed by atoms with van der Waals surface area (Å²) in [6, 6.07) is 0. The number of hydrogen-bond acceptors (Lipinski definition) is 2.